The second kappa shape index (κ2) is 7.82. The molecule has 0 aliphatic carbocycles. The van der Waals surface area contributed by atoms with Gasteiger partial charge >= 0.3 is 0 Å². The first kappa shape index (κ1) is 19.6. The van der Waals surface area contributed by atoms with Crippen molar-refractivity contribution in [3.63, 3.8) is 0 Å². The summed E-state index contributed by atoms with van der Waals surface area (Å²) in [6, 6.07) is 19.5. The van der Waals surface area contributed by atoms with Crippen molar-refractivity contribution in [3.05, 3.63) is 84.2 Å². The van der Waals surface area contributed by atoms with Crippen LogP contribution < -0.4 is 9.62 Å². The van der Waals surface area contributed by atoms with Gasteiger partial charge in [-0.25, -0.2) is 12.8 Å². The number of rotatable bonds is 5. The molecule has 0 spiro atoms. The molecule has 1 amide bonds. The lowest BCUT2D eigenvalue weighted by molar-refractivity contribution is 0.102. The summed E-state index contributed by atoms with van der Waals surface area (Å²) in [4.78, 5) is 12.6. The van der Waals surface area contributed by atoms with E-state index in [1.54, 1.807) is 60.7 Å². The minimum atomic E-state index is -3.53. The predicted molar refractivity (Wildman–Crippen MR) is 109 cm³/mol. The number of nitrogens with one attached hydrogen (secondary N) is 1. The predicted octanol–water partition coefficient (Wildman–Crippen LogP) is 4.14. The number of sulfonamides is 1. The smallest absolute Gasteiger partial charge is 0.255 e. The maximum Gasteiger partial charge on any atom is 0.255 e. The van der Waals surface area contributed by atoms with Gasteiger partial charge in [0.05, 0.1) is 17.6 Å². The van der Waals surface area contributed by atoms with Gasteiger partial charge < -0.3 is 5.32 Å². The number of hydrogen-bond acceptors (Lipinski definition) is 3. The standard InChI is InChI=1S/C21H19FN2O3S/c1-24(28(2,26)27)20-13-10-17(15-8-11-18(22)12-9-15)14-19(20)23-21(25)16-6-4-3-5-7-16/h3-14H,1-2H3,(H,23,25). The molecule has 0 fully saturated rings. The molecule has 0 bridgehead atoms. The van der Waals surface area contributed by atoms with Crippen LogP contribution in [0.5, 0.6) is 0 Å². The number of amides is 1. The highest BCUT2D eigenvalue weighted by Gasteiger charge is 2.18. The highest BCUT2D eigenvalue weighted by molar-refractivity contribution is 7.92. The summed E-state index contributed by atoms with van der Waals surface area (Å²) in [6.07, 6.45) is 1.09. The van der Waals surface area contributed by atoms with Crippen LogP contribution in [0, 0.1) is 5.82 Å². The van der Waals surface area contributed by atoms with Gasteiger partial charge in [-0.1, -0.05) is 36.4 Å². The number of nitrogens with zero attached hydrogens (tertiary/aromatic N) is 1. The highest BCUT2D eigenvalue weighted by Crippen LogP contribution is 2.32. The number of benzene rings is 3. The first-order chi connectivity index (χ1) is 13.3. The van der Waals surface area contributed by atoms with Gasteiger partial charge in [-0.05, 0) is 47.5 Å². The zero-order valence-corrected chi connectivity index (χ0v) is 16.2. The Labute approximate surface area is 163 Å². The molecule has 0 atom stereocenters. The average Bonchev–Trinajstić information content (AvgIpc) is 2.68. The Morgan fingerprint density at radius 3 is 2.14 bits per heavy atom. The van der Waals surface area contributed by atoms with Crippen molar-refractivity contribution >= 4 is 27.3 Å². The molecule has 3 aromatic rings. The molecule has 0 saturated heterocycles. The van der Waals surface area contributed by atoms with Gasteiger partial charge in [-0.15, -0.1) is 0 Å². The molecule has 0 saturated carbocycles. The lowest BCUT2D eigenvalue weighted by Crippen LogP contribution is -2.26. The molecule has 0 radical (unpaired) electrons. The maximum atomic E-state index is 13.2. The van der Waals surface area contributed by atoms with Gasteiger partial charge in [-0.3, -0.25) is 9.10 Å². The maximum absolute atomic E-state index is 13.2. The zero-order valence-electron chi connectivity index (χ0n) is 15.4. The van der Waals surface area contributed by atoms with Gasteiger partial charge in [0.15, 0.2) is 0 Å². The third kappa shape index (κ3) is 4.37. The normalized spacial score (nSPS) is 11.1. The fraction of sp³-hybridized carbons (Fsp3) is 0.0952. The molecule has 0 aromatic heterocycles. The van der Waals surface area contributed by atoms with E-state index in [1.165, 1.54) is 19.2 Å². The van der Waals surface area contributed by atoms with Gasteiger partial charge in [0.2, 0.25) is 10.0 Å². The summed E-state index contributed by atoms with van der Waals surface area (Å²) in [5.74, 6) is -0.713. The van der Waals surface area contributed by atoms with E-state index < -0.39 is 10.0 Å². The third-order valence-electron chi connectivity index (χ3n) is 4.30. The first-order valence-electron chi connectivity index (χ1n) is 8.46. The van der Waals surface area contributed by atoms with Crippen molar-refractivity contribution in [2.24, 2.45) is 0 Å². The van der Waals surface area contributed by atoms with Gasteiger partial charge in [-0.2, -0.15) is 0 Å². The second-order valence-corrected chi connectivity index (χ2v) is 8.30. The van der Waals surface area contributed by atoms with Crippen molar-refractivity contribution in [2.45, 2.75) is 0 Å². The van der Waals surface area contributed by atoms with E-state index in [2.05, 4.69) is 5.32 Å². The number of hydrogen-bond donors (Lipinski definition) is 1. The van der Waals surface area contributed by atoms with Crippen LogP contribution in [-0.4, -0.2) is 27.6 Å². The topological polar surface area (TPSA) is 66.5 Å². The fourth-order valence-corrected chi connectivity index (χ4v) is 3.21. The summed E-state index contributed by atoms with van der Waals surface area (Å²) in [5, 5.41) is 2.78. The zero-order chi connectivity index (χ0) is 20.3. The number of carbonyl (C=O) groups is 1. The Hall–Kier alpha value is -3.19. The Morgan fingerprint density at radius 1 is 0.929 bits per heavy atom. The monoisotopic (exact) mass is 398 g/mol. The molecule has 0 heterocycles. The van der Waals surface area contributed by atoms with Gasteiger partial charge in [0, 0.05) is 12.6 Å². The number of carbonyl (C=O) groups excluding carboxylic acids is 1. The van der Waals surface area contributed by atoms with Crippen molar-refractivity contribution in [1.29, 1.82) is 0 Å². The lowest BCUT2D eigenvalue weighted by Gasteiger charge is -2.21. The average molecular weight is 398 g/mol. The van der Waals surface area contributed by atoms with E-state index in [1.807, 2.05) is 0 Å². The summed E-state index contributed by atoms with van der Waals surface area (Å²) in [7, 11) is -2.11. The van der Waals surface area contributed by atoms with Crippen LogP contribution in [0.4, 0.5) is 15.8 Å². The minimum absolute atomic E-state index is 0.331. The summed E-state index contributed by atoms with van der Waals surface area (Å²) in [6.45, 7) is 0. The first-order valence-corrected chi connectivity index (χ1v) is 10.3. The Balaban J connectivity index is 2.05. The van der Waals surface area contributed by atoms with Crippen LogP contribution in [0.3, 0.4) is 0 Å². The van der Waals surface area contributed by atoms with E-state index in [0.29, 0.717) is 22.5 Å². The Bertz CT molecular complexity index is 1100. The minimum Gasteiger partial charge on any atom is -0.320 e. The van der Waals surface area contributed by atoms with Crippen LogP contribution in [0.25, 0.3) is 11.1 Å². The summed E-state index contributed by atoms with van der Waals surface area (Å²) < 4.78 is 38.3. The largest absolute Gasteiger partial charge is 0.320 e. The quantitative estimate of drug-likeness (QED) is 0.702. The Kier molecular flexibility index (Phi) is 5.46. The molecule has 3 rings (SSSR count). The SMILES string of the molecule is CN(c1ccc(-c2ccc(F)cc2)cc1NC(=O)c1ccccc1)S(C)(=O)=O. The number of halogens is 1. The summed E-state index contributed by atoms with van der Waals surface area (Å²) >= 11 is 0. The van der Waals surface area contributed by atoms with E-state index in [4.69, 9.17) is 0 Å². The van der Waals surface area contributed by atoms with Crippen molar-refractivity contribution < 1.29 is 17.6 Å². The third-order valence-corrected chi connectivity index (χ3v) is 5.49. The molecule has 1 N–H and O–H groups in total. The summed E-state index contributed by atoms with van der Waals surface area (Å²) in [5.41, 5.74) is 2.57. The van der Waals surface area contributed by atoms with E-state index >= 15 is 0 Å². The van der Waals surface area contributed by atoms with Gasteiger partial charge in [0.1, 0.15) is 5.82 Å². The lowest BCUT2D eigenvalue weighted by atomic mass is 10.0. The fourth-order valence-electron chi connectivity index (χ4n) is 2.70. The molecule has 3 aromatic carbocycles. The molecule has 7 heteroatoms. The van der Waals surface area contributed by atoms with Crippen molar-refractivity contribution in [3.8, 4) is 11.1 Å². The number of anilines is 2. The van der Waals surface area contributed by atoms with Crippen molar-refractivity contribution in [2.75, 3.05) is 22.9 Å². The molecular formula is C21H19FN2O3S. The van der Waals surface area contributed by atoms with Crippen LogP contribution >= 0.6 is 0 Å². The molecule has 0 unspecified atom stereocenters. The highest BCUT2D eigenvalue weighted by atomic mass is 32.2. The van der Waals surface area contributed by atoms with E-state index in [0.717, 1.165) is 16.1 Å². The van der Waals surface area contributed by atoms with Gasteiger partial charge in [0.25, 0.3) is 5.91 Å². The van der Waals surface area contributed by atoms with E-state index in [9.17, 15) is 17.6 Å². The van der Waals surface area contributed by atoms with Crippen LogP contribution in [0.1, 0.15) is 10.4 Å². The van der Waals surface area contributed by atoms with E-state index in [-0.39, 0.29) is 11.7 Å². The van der Waals surface area contributed by atoms with Crippen molar-refractivity contribution in [1.82, 2.24) is 0 Å². The molecule has 28 heavy (non-hydrogen) atoms. The van der Waals surface area contributed by atoms with Crippen LogP contribution in [0.15, 0.2) is 72.8 Å². The molecular weight excluding hydrogens is 379 g/mol. The van der Waals surface area contributed by atoms with Crippen LogP contribution in [-0.2, 0) is 10.0 Å². The Morgan fingerprint density at radius 2 is 1.54 bits per heavy atom. The molecule has 144 valence electrons. The molecule has 0 aliphatic heterocycles. The molecule has 5 nitrogen and oxygen atoms in total. The van der Waals surface area contributed by atoms with Crippen LogP contribution in [0.2, 0.25) is 0 Å². The molecule has 0 aliphatic rings. The second-order valence-electron chi connectivity index (χ2n) is 6.29.